The highest BCUT2D eigenvalue weighted by Gasteiger charge is 2.45. The third kappa shape index (κ3) is 8.30. The monoisotopic (exact) mass is 639 g/mol. The molecule has 10 nitrogen and oxygen atoms in total. The maximum absolute atomic E-state index is 14.0. The van der Waals surface area contributed by atoms with Crippen LogP contribution in [0, 0.1) is 12.3 Å². The Balaban J connectivity index is 1.18. The highest BCUT2D eigenvalue weighted by Crippen LogP contribution is 2.30. The third-order valence-electron chi connectivity index (χ3n) is 9.40. The molecular weight excluding hydrogens is 590 g/mol. The Hall–Kier alpha value is -2.86. The summed E-state index contributed by atoms with van der Waals surface area (Å²) in [5.74, 6) is -0.884. The number of nitrogens with zero attached hydrogens (tertiary/aromatic N) is 3. The summed E-state index contributed by atoms with van der Waals surface area (Å²) in [7, 11) is 0. The van der Waals surface area contributed by atoms with E-state index < -0.39 is 23.6 Å². The van der Waals surface area contributed by atoms with Gasteiger partial charge in [-0.15, -0.1) is 11.3 Å². The van der Waals surface area contributed by atoms with E-state index in [4.69, 9.17) is 4.74 Å². The Morgan fingerprint density at radius 1 is 1.07 bits per heavy atom. The van der Waals surface area contributed by atoms with E-state index in [1.165, 1.54) is 11.3 Å². The Bertz CT molecular complexity index is 1330. The van der Waals surface area contributed by atoms with Crippen molar-refractivity contribution in [3.63, 3.8) is 0 Å². The molecule has 0 radical (unpaired) electrons. The summed E-state index contributed by atoms with van der Waals surface area (Å²) in [6, 6.07) is 6.05. The summed E-state index contributed by atoms with van der Waals surface area (Å²) in [5, 5.41) is 16.6. The number of β-amino-alcohol motifs (C(OH)–C–C–N with tert-alkyl or cyclic N) is 1. The second-order valence-corrected chi connectivity index (χ2v) is 14.9. The molecule has 0 unspecified atom stereocenters. The second-order valence-electron chi connectivity index (χ2n) is 14.0. The van der Waals surface area contributed by atoms with Crippen molar-refractivity contribution in [1.82, 2.24) is 25.4 Å². The number of amides is 3. The molecule has 2 saturated heterocycles. The number of aryl methyl sites for hydroxylation is 1. The molecule has 1 aromatic carbocycles. The standard InChI is InChI=1S/C34H49N5O5S/c1-21(23-9-11-24(12-10-23)30-22(2)35-20-45-30)36-32(42)28-17-25(40)18-39(28)33(43)31(34(3,4)5)37-29(41)19-38-15-13-27(14-16-38)44-26-7-6-8-26/h9-12,20-21,25-28,31,40H,6-8,13-19H2,1-5H3,(H,36,42)(H,37,41)/t21-,25+,28-,31+/m0/s1. The van der Waals surface area contributed by atoms with Gasteiger partial charge in [0.15, 0.2) is 0 Å². The maximum atomic E-state index is 14.0. The van der Waals surface area contributed by atoms with E-state index in [0.717, 1.165) is 60.5 Å². The average molecular weight is 640 g/mol. The van der Waals surface area contributed by atoms with Gasteiger partial charge in [0.2, 0.25) is 17.7 Å². The van der Waals surface area contributed by atoms with Crippen LogP contribution in [0.15, 0.2) is 29.8 Å². The molecule has 2 aliphatic heterocycles. The lowest BCUT2D eigenvalue weighted by atomic mass is 9.85. The van der Waals surface area contributed by atoms with Gasteiger partial charge in [-0.2, -0.15) is 0 Å². The smallest absolute Gasteiger partial charge is 0.246 e. The third-order valence-corrected chi connectivity index (χ3v) is 10.4. The predicted molar refractivity (Wildman–Crippen MR) is 175 cm³/mol. The van der Waals surface area contributed by atoms with Crippen molar-refractivity contribution in [1.29, 1.82) is 0 Å². The van der Waals surface area contributed by atoms with Crippen molar-refractivity contribution in [2.45, 2.75) is 110 Å². The van der Waals surface area contributed by atoms with E-state index in [1.54, 1.807) is 11.3 Å². The molecule has 45 heavy (non-hydrogen) atoms. The fourth-order valence-electron chi connectivity index (χ4n) is 6.41. The van der Waals surface area contributed by atoms with Crippen LogP contribution in [0.5, 0.6) is 0 Å². The number of ether oxygens (including phenoxy) is 1. The Morgan fingerprint density at radius 2 is 1.73 bits per heavy atom. The zero-order chi connectivity index (χ0) is 32.3. The van der Waals surface area contributed by atoms with Crippen LogP contribution in [0.3, 0.4) is 0 Å². The van der Waals surface area contributed by atoms with Crippen LogP contribution in [0.25, 0.3) is 10.4 Å². The lowest BCUT2D eigenvalue weighted by Gasteiger charge is -2.37. The van der Waals surface area contributed by atoms with Gasteiger partial charge in [-0.25, -0.2) is 4.98 Å². The van der Waals surface area contributed by atoms with Crippen molar-refractivity contribution >= 4 is 29.1 Å². The van der Waals surface area contributed by atoms with Gasteiger partial charge < -0.3 is 25.4 Å². The minimum Gasteiger partial charge on any atom is -0.391 e. The number of carbonyl (C=O) groups is 3. The minimum atomic E-state index is -0.842. The number of piperidine rings is 1. The fourth-order valence-corrected chi connectivity index (χ4v) is 7.22. The molecule has 0 bridgehead atoms. The Labute approximate surface area is 270 Å². The summed E-state index contributed by atoms with van der Waals surface area (Å²) in [6.45, 7) is 11.4. The molecule has 3 heterocycles. The number of carbonyl (C=O) groups excluding carboxylic acids is 3. The van der Waals surface area contributed by atoms with Crippen molar-refractivity contribution in [3.8, 4) is 10.4 Å². The number of nitrogens with one attached hydrogen (secondary N) is 2. The van der Waals surface area contributed by atoms with Crippen LogP contribution in [0.1, 0.15) is 83.5 Å². The first-order valence-corrected chi connectivity index (χ1v) is 17.2. The normalized spacial score (nSPS) is 22.9. The van der Waals surface area contributed by atoms with Gasteiger partial charge in [0.25, 0.3) is 0 Å². The van der Waals surface area contributed by atoms with E-state index in [-0.39, 0.29) is 49.4 Å². The van der Waals surface area contributed by atoms with Crippen LogP contribution in [0.4, 0.5) is 0 Å². The second kappa shape index (κ2) is 14.3. The Morgan fingerprint density at radius 3 is 2.31 bits per heavy atom. The number of hydrogen-bond donors (Lipinski definition) is 3. The van der Waals surface area contributed by atoms with Gasteiger partial charge in [0.1, 0.15) is 12.1 Å². The number of aliphatic hydroxyl groups excluding tert-OH is 1. The molecule has 3 aliphatic rings. The lowest BCUT2D eigenvalue weighted by molar-refractivity contribution is -0.144. The van der Waals surface area contributed by atoms with E-state index in [9.17, 15) is 19.5 Å². The Kier molecular flexibility index (Phi) is 10.6. The van der Waals surface area contributed by atoms with Crippen LogP contribution in [-0.2, 0) is 19.1 Å². The highest BCUT2D eigenvalue weighted by atomic mass is 32.1. The van der Waals surface area contributed by atoms with Gasteiger partial charge >= 0.3 is 0 Å². The fraction of sp³-hybridized carbons (Fsp3) is 0.647. The number of aromatic nitrogens is 1. The lowest BCUT2D eigenvalue weighted by Crippen LogP contribution is -2.59. The van der Waals surface area contributed by atoms with Gasteiger partial charge in [0, 0.05) is 26.1 Å². The molecule has 3 amide bonds. The summed E-state index contributed by atoms with van der Waals surface area (Å²) >= 11 is 1.59. The number of likely N-dealkylation sites (tertiary alicyclic amines) is 2. The quantitative estimate of drug-likeness (QED) is 0.361. The van der Waals surface area contributed by atoms with Gasteiger partial charge in [-0.05, 0) is 62.5 Å². The number of rotatable bonds is 10. The predicted octanol–water partition coefficient (Wildman–Crippen LogP) is 3.82. The molecule has 1 aliphatic carbocycles. The van der Waals surface area contributed by atoms with Crippen LogP contribution in [-0.4, -0.2) is 94.2 Å². The molecule has 0 spiro atoms. The summed E-state index contributed by atoms with van der Waals surface area (Å²) in [5.41, 5.74) is 4.22. The molecule has 2 aromatic rings. The SMILES string of the molecule is Cc1ncsc1-c1ccc([C@H](C)NC(=O)[C@@H]2C[C@@H](O)CN2C(=O)[C@@H](NC(=O)CN2CCC(OC3CCC3)CC2)C(C)(C)C)cc1. The average Bonchev–Trinajstić information content (AvgIpc) is 3.59. The zero-order valence-electron chi connectivity index (χ0n) is 27.3. The first-order valence-electron chi connectivity index (χ1n) is 16.4. The molecular formula is C34H49N5O5S. The molecule has 5 rings (SSSR count). The van der Waals surface area contributed by atoms with E-state index >= 15 is 0 Å². The van der Waals surface area contributed by atoms with E-state index in [2.05, 4.69) is 20.5 Å². The van der Waals surface area contributed by atoms with Crippen molar-refractivity contribution in [2.24, 2.45) is 5.41 Å². The highest BCUT2D eigenvalue weighted by molar-refractivity contribution is 7.13. The van der Waals surface area contributed by atoms with Crippen molar-refractivity contribution in [2.75, 3.05) is 26.2 Å². The van der Waals surface area contributed by atoms with Gasteiger partial charge in [0.05, 0.1) is 47.0 Å². The summed E-state index contributed by atoms with van der Waals surface area (Å²) in [6.07, 6.45) is 5.38. The zero-order valence-corrected chi connectivity index (χ0v) is 28.1. The molecule has 4 atom stereocenters. The van der Waals surface area contributed by atoms with Gasteiger partial charge in [-0.3, -0.25) is 19.3 Å². The number of aliphatic hydroxyl groups is 1. The van der Waals surface area contributed by atoms with Gasteiger partial charge in [-0.1, -0.05) is 45.0 Å². The van der Waals surface area contributed by atoms with Crippen molar-refractivity contribution < 1.29 is 24.2 Å². The van der Waals surface area contributed by atoms with Crippen LogP contribution in [0.2, 0.25) is 0 Å². The summed E-state index contributed by atoms with van der Waals surface area (Å²) < 4.78 is 6.16. The van der Waals surface area contributed by atoms with Crippen molar-refractivity contribution in [3.05, 3.63) is 41.0 Å². The van der Waals surface area contributed by atoms with Crippen LogP contribution < -0.4 is 10.6 Å². The molecule has 246 valence electrons. The molecule has 3 N–H and O–H groups in total. The van der Waals surface area contributed by atoms with E-state index in [1.807, 2.05) is 64.4 Å². The number of hydrogen-bond acceptors (Lipinski definition) is 8. The number of benzene rings is 1. The largest absolute Gasteiger partial charge is 0.391 e. The maximum Gasteiger partial charge on any atom is 0.246 e. The molecule has 3 fully saturated rings. The molecule has 11 heteroatoms. The minimum absolute atomic E-state index is 0.0468. The first-order chi connectivity index (χ1) is 21.4. The molecule has 1 saturated carbocycles. The summed E-state index contributed by atoms with van der Waals surface area (Å²) in [4.78, 5) is 49.7. The van der Waals surface area contributed by atoms with Crippen LogP contribution >= 0.6 is 11.3 Å². The number of thiazole rings is 1. The topological polar surface area (TPSA) is 124 Å². The first kappa shape index (κ1) is 33.5. The molecule has 1 aromatic heterocycles. The van der Waals surface area contributed by atoms with E-state index in [0.29, 0.717) is 6.10 Å².